The molecule has 0 bridgehead atoms. The molecule has 19 heavy (non-hydrogen) atoms. The zero-order valence-corrected chi connectivity index (χ0v) is 10.8. The Kier molecular flexibility index (Phi) is 3.08. The molecular weight excluding hydrogens is 242 g/mol. The molecule has 1 saturated heterocycles. The van der Waals surface area contributed by atoms with E-state index in [1.54, 1.807) is 6.07 Å². The highest BCUT2D eigenvalue weighted by Gasteiger charge is 2.16. The first-order valence-electron chi connectivity index (χ1n) is 6.43. The Bertz CT molecular complexity index is 574. The number of aromatic amines is 1. The summed E-state index contributed by atoms with van der Waals surface area (Å²) in [6, 6.07) is 5.41. The summed E-state index contributed by atoms with van der Waals surface area (Å²) in [4.78, 5) is 6.67. The van der Waals surface area contributed by atoms with E-state index < -0.39 is 0 Å². The second-order valence-electron chi connectivity index (χ2n) is 4.67. The maximum absolute atomic E-state index is 9.74. The Morgan fingerprint density at radius 2 is 2.05 bits per heavy atom. The van der Waals surface area contributed by atoms with Gasteiger partial charge in [0.1, 0.15) is 5.75 Å². The number of phenols is 1. The number of benzene rings is 1. The molecule has 2 heterocycles. The van der Waals surface area contributed by atoms with Gasteiger partial charge in [0.25, 0.3) is 0 Å². The Balaban J connectivity index is 1.90. The molecule has 1 aliphatic rings. The highest BCUT2D eigenvalue weighted by atomic mass is 16.3. The SMILES string of the molecule is Cc1c(O)cccc1-c1nc(N2CCNCC2)n[nH]1. The number of H-pyrrole nitrogens is 1. The van der Waals surface area contributed by atoms with Crippen molar-refractivity contribution in [2.45, 2.75) is 6.92 Å². The average molecular weight is 259 g/mol. The zero-order valence-electron chi connectivity index (χ0n) is 10.8. The predicted octanol–water partition coefficient (Wildman–Crippen LogP) is 0.895. The third-order valence-corrected chi connectivity index (χ3v) is 3.43. The van der Waals surface area contributed by atoms with Gasteiger partial charge in [-0.3, -0.25) is 5.10 Å². The van der Waals surface area contributed by atoms with Gasteiger partial charge in [0.05, 0.1) is 0 Å². The van der Waals surface area contributed by atoms with E-state index >= 15 is 0 Å². The minimum absolute atomic E-state index is 0.276. The molecule has 0 saturated carbocycles. The minimum atomic E-state index is 0.276. The highest BCUT2D eigenvalue weighted by Crippen LogP contribution is 2.27. The van der Waals surface area contributed by atoms with E-state index in [-0.39, 0.29) is 5.75 Å². The molecule has 1 aromatic carbocycles. The first kappa shape index (κ1) is 12.0. The second-order valence-corrected chi connectivity index (χ2v) is 4.67. The van der Waals surface area contributed by atoms with Gasteiger partial charge in [-0.25, -0.2) is 0 Å². The van der Waals surface area contributed by atoms with E-state index in [1.807, 2.05) is 19.1 Å². The summed E-state index contributed by atoms with van der Waals surface area (Å²) in [6.07, 6.45) is 0. The summed E-state index contributed by atoms with van der Waals surface area (Å²) >= 11 is 0. The number of hydrogen-bond donors (Lipinski definition) is 3. The van der Waals surface area contributed by atoms with Gasteiger partial charge in [-0.05, 0) is 13.0 Å². The van der Waals surface area contributed by atoms with Crippen LogP contribution in [-0.4, -0.2) is 46.5 Å². The molecular formula is C13H17N5O. The van der Waals surface area contributed by atoms with Crippen LogP contribution in [0.2, 0.25) is 0 Å². The van der Waals surface area contributed by atoms with E-state index in [1.165, 1.54) is 0 Å². The molecule has 0 unspecified atom stereocenters. The average Bonchev–Trinajstić information content (AvgIpc) is 2.92. The van der Waals surface area contributed by atoms with Crippen LogP contribution in [0.3, 0.4) is 0 Å². The van der Waals surface area contributed by atoms with Crippen LogP contribution in [0.25, 0.3) is 11.4 Å². The standard InChI is InChI=1S/C13H17N5O/c1-9-10(3-2-4-11(9)19)12-15-13(17-16-12)18-7-5-14-6-8-18/h2-4,14,19H,5-8H2,1H3,(H,15,16,17). The first-order valence-corrected chi connectivity index (χ1v) is 6.43. The van der Waals surface area contributed by atoms with Gasteiger partial charge in [0, 0.05) is 37.3 Å². The van der Waals surface area contributed by atoms with Crippen LogP contribution < -0.4 is 10.2 Å². The van der Waals surface area contributed by atoms with E-state index in [9.17, 15) is 5.11 Å². The van der Waals surface area contributed by atoms with Crippen molar-refractivity contribution in [1.82, 2.24) is 20.5 Å². The highest BCUT2D eigenvalue weighted by molar-refractivity contribution is 5.64. The van der Waals surface area contributed by atoms with Crippen molar-refractivity contribution >= 4 is 5.95 Å². The maximum Gasteiger partial charge on any atom is 0.245 e. The fraction of sp³-hybridized carbons (Fsp3) is 0.385. The second kappa shape index (κ2) is 4.89. The summed E-state index contributed by atoms with van der Waals surface area (Å²) in [5.41, 5.74) is 1.69. The lowest BCUT2D eigenvalue weighted by molar-refractivity contribution is 0.471. The van der Waals surface area contributed by atoms with Crippen LogP contribution in [0, 0.1) is 6.92 Å². The fourth-order valence-corrected chi connectivity index (χ4v) is 2.26. The number of rotatable bonds is 2. The third kappa shape index (κ3) is 2.26. The molecule has 2 aromatic rings. The number of aromatic nitrogens is 3. The number of piperazine rings is 1. The topological polar surface area (TPSA) is 77.1 Å². The lowest BCUT2D eigenvalue weighted by Gasteiger charge is -2.25. The largest absolute Gasteiger partial charge is 0.508 e. The van der Waals surface area contributed by atoms with Crippen LogP contribution in [0.1, 0.15) is 5.56 Å². The van der Waals surface area contributed by atoms with Crippen molar-refractivity contribution in [2.24, 2.45) is 0 Å². The Hall–Kier alpha value is -2.08. The van der Waals surface area contributed by atoms with E-state index in [0.717, 1.165) is 43.3 Å². The van der Waals surface area contributed by atoms with Gasteiger partial charge in [-0.15, -0.1) is 5.10 Å². The van der Waals surface area contributed by atoms with Crippen LogP contribution in [-0.2, 0) is 0 Å². The van der Waals surface area contributed by atoms with Crippen molar-refractivity contribution in [3.63, 3.8) is 0 Å². The van der Waals surface area contributed by atoms with Gasteiger partial charge in [-0.1, -0.05) is 12.1 Å². The van der Waals surface area contributed by atoms with E-state index in [2.05, 4.69) is 25.4 Å². The minimum Gasteiger partial charge on any atom is -0.508 e. The molecule has 6 heteroatoms. The molecule has 100 valence electrons. The molecule has 3 rings (SSSR count). The summed E-state index contributed by atoms with van der Waals surface area (Å²) in [5, 5.41) is 20.3. The Morgan fingerprint density at radius 3 is 2.84 bits per heavy atom. The van der Waals surface area contributed by atoms with Gasteiger partial charge in [-0.2, -0.15) is 4.98 Å². The van der Waals surface area contributed by atoms with Gasteiger partial charge in [0.2, 0.25) is 5.95 Å². The number of anilines is 1. The maximum atomic E-state index is 9.74. The number of nitrogens with zero attached hydrogens (tertiary/aromatic N) is 3. The van der Waals surface area contributed by atoms with Crippen molar-refractivity contribution < 1.29 is 5.11 Å². The summed E-state index contributed by atoms with van der Waals surface area (Å²) in [5.74, 6) is 1.69. The third-order valence-electron chi connectivity index (χ3n) is 3.43. The molecule has 0 spiro atoms. The van der Waals surface area contributed by atoms with Crippen molar-refractivity contribution in [3.05, 3.63) is 23.8 Å². The van der Waals surface area contributed by atoms with Gasteiger partial charge in [0.15, 0.2) is 5.82 Å². The number of hydrogen-bond acceptors (Lipinski definition) is 5. The monoisotopic (exact) mass is 259 g/mol. The van der Waals surface area contributed by atoms with Crippen molar-refractivity contribution in [3.8, 4) is 17.1 Å². The summed E-state index contributed by atoms with van der Waals surface area (Å²) in [6.45, 7) is 5.61. The summed E-state index contributed by atoms with van der Waals surface area (Å²) in [7, 11) is 0. The molecule has 1 aromatic heterocycles. The molecule has 1 fully saturated rings. The van der Waals surface area contributed by atoms with Crippen LogP contribution in [0.5, 0.6) is 5.75 Å². The zero-order chi connectivity index (χ0) is 13.2. The molecule has 1 aliphatic heterocycles. The molecule has 0 atom stereocenters. The smallest absolute Gasteiger partial charge is 0.245 e. The molecule has 0 amide bonds. The number of phenolic OH excluding ortho intramolecular Hbond substituents is 1. The fourth-order valence-electron chi connectivity index (χ4n) is 2.26. The van der Waals surface area contributed by atoms with Crippen molar-refractivity contribution in [1.29, 1.82) is 0 Å². The van der Waals surface area contributed by atoms with E-state index in [0.29, 0.717) is 5.82 Å². The Morgan fingerprint density at radius 1 is 1.26 bits per heavy atom. The van der Waals surface area contributed by atoms with Gasteiger partial charge < -0.3 is 15.3 Å². The molecule has 0 aliphatic carbocycles. The first-order chi connectivity index (χ1) is 9.25. The number of aromatic hydroxyl groups is 1. The van der Waals surface area contributed by atoms with E-state index in [4.69, 9.17) is 0 Å². The van der Waals surface area contributed by atoms with Crippen molar-refractivity contribution in [2.75, 3.05) is 31.1 Å². The number of nitrogens with one attached hydrogen (secondary N) is 2. The lowest BCUT2D eigenvalue weighted by Crippen LogP contribution is -2.44. The van der Waals surface area contributed by atoms with Gasteiger partial charge >= 0.3 is 0 Å². The quantitative estimate of drug-likeness (QED) is 0.747. The molecule has 3 N–H and O–H groups in total. The Labute approximate surface area is 111 Å². The van der Waals surface area contributed by atoms with Crippen LogP contribution >= 0.6 is 0 Å². The van der Waals surface area contributed by atoms with Crippen LogP contribution in [0.4, 0.5) is 5.95 Å². The normalized spacial score (nSPS) is 15.7. The summed E-state index contributed by atoms with van der Waals surface area (Å²) < 4.78 is 0. The molecule has 0 radical (unpaired) electrons. The predicted molar refractivity (Wildman–Crippen MR) is 73.3 cm³/mol. The molecule has 6 nitrogen and oxygen atoms in total. The lowest BCUT2D eigenvalue weighted by atomic mass is 10.1. The van der Waals surface area contributed by atoms with Crippen LogP contribution in [0.15, 0.2) is 18.2 Å².